The zero-order valence-electron chi connectivity index (χ0n) is 25.7. The molecule has 7 nitrogen and oxygen atoms in total. The average molecular weight is 606 g/mol. The molecule has 9 heteroatoms. The van der Waals surface area contributed by atoms with Crippen LogP contribution in [0.25, 0.3) is 22.6 Å². The second-order valence-corrected chi connectivity index (χ2v) is 13.6. The number of halogens is 2. The molecule has 3 atom stereocenters. The van der Waals surface area contributed by atoms with E-state index in [-0.39, 0.29) is 45.0 Å². The monoisotopic (exact) mass is 605 g/mol. The molecule has 2 unspecified atom stereocenters. The first-order valence-corrected chi connectivity index (χ1v) is 15.5. The van der Waals surface area contributed by atoms with Crippen LogP contribution >= 0.6 is 11.6 Å². The lowest BCUT2D eigenvalue weighted by Gasteiger charge is -2.45. The van der Waals surface area contributed by atoms with Crippen LogP contribution in [0.1, 0.15) is 63.1 Å². The number of benzene rings is 2. The van der Waals surface area contributed by atoms with Gasteiger partial charge < -0.3 is 25.0 Å². The number of likely N-dealkylation sites (N-methyl/N-ethyl adjacent to an activating group) is 1. The standard InChI is InChI=1S/C34H41ClFN5O2/c1-21-9-6-7-10-23(21)16-25(42)15-22(2)28-27(35)17-26-30(29(28)36)37-32(43-18-24-11-8-14-40(24)5)38-31(26)41-19-33(3)12-13-34(4,20-41)39-33/h6-7,9-10,15-17,24,39,42H,8,11-14,18-20H2,1-5H3/b22-15+,25-16+/t24-,33?,34?/m0/s1. The number of rotatable bonds is 7. The van der Waals surface area contributed by atoms with E-state index < -0.39 is 5.82 Å². The maximum Gasteiger partial charge on any atom is 0.319 e. The van der Waals surface area contributed by atoms with E-state index >= 15 is 4.39 Å². The predicted octanol–water partition coefficient (Wildman–Crippen LogP) is 6.93. The fraction of sp³-hybridized carbons (Fsp3) is 0.471. The number of fused-ring (bicyclic) bond motifs is 3. The van der Waals surface area contributed by atoms with Gasteiger partial charge in [-0.25, -0.2) is 4.39 Å². The third-order valence-corrected chi connectivity index (χ3v) is 9.68. The zero-order valence-corrected chi connectivity index (χ0v) is 26.4. The summed E-state index contributed by atoms with van der Waals surface area (Å²) >= 11 is 6.81. The highest BCUT2D eigenvalue weighted by atomic mass is 35.5. The second kappa shape index (κ2) is 11.4. The number of aliphatic hydroxyl groups excluding tert-OH is 1. The van der Waals surface area contributed by atoms with Gasteiger partial charge in [0.25, 0.3) is 0 Å². The number of nitrogens with zero attached hydrogens (tertiary/aromatic N) is 4. The van der Waals surface area contributed by atoms with Crippen molar-refractivity contribution in [3.63, 3.8) is 0 Å². The summed E-state index contributed by atoms with van der Waals surface area (Å²) in [5.41, 5.74) is 2.62. The van der Waals surface area contributed by atoms with Crippen LogP contribution in [0.2, 0.25) is 5.02 Å². The van der Waals surface area contributed by atoms with Gasteiger partial charge in [-0.1, -0.05) is 35.9 Å². The molecule has 43 heavy (non-hydrogen) atoms. The van der Waals surface area contributed by atoms with Gasteiger partial charge in [-0.05, 0) is 102 Å². The van der Waals surface area contributed by atoms with Gasteiger partial charge in [-0.3, -0.25) is 0 Å². The summed E-state index contributed by atoms with van der Waals surface area (Å²) in [6.07, 6.45) is 7.49. The Morgan fingerprint density at radius 3 is 2.60 bits per heavy atom. The van der Waals surface area contributed by atoms with Crippen LogP contribution in [0.3, 0.4) is 0 Å². The highest BCUT2D eigenvalue weighted by molar-refractivity contribution is 6.33. The average Bonchev–Trinajstić information content (AvgIpc) is 3.45. The predicted molar refractivity (Wildman–Crippen MR) is 172 cm³/mol. The number of aryl methyl sites for hydroxylation is 1. The molecule has 4 heterocycles. The van der Waals surface area contributed by atoms with Gasteiger partial charge in [0.15, 0.2) is 5.82 Å². The molecule has 228 valence electrons. The van der Waals surface area contributed by atoms with E-state index in [4.69, 9.17) is 21.3 Å². The normalized spacial score (nSPS) is 26.5. The first kappa shape index (κ1) is 29.9. The van der Waals surface area contributed by atoms with Crippen molar-refractivity contribution < 1.29 is 14.2 Å². The molecule has 3 saturated heterocycles. The van der Waals surface area contributed by atoms with Crippen molar-refractivity contribution in [1.29, 1.82) is 0 Å². The number of aliphatic hydroxyl groups is 1. The van der Waals surface area contributed by atoms with Crippen molar-refractivity contribution in [3.8, 4) is 6.01 Å². The molecule has 3 fully saturated rings. The van der Waals surface area contributed by atoms with Crippen LogP contribution in [0.15, 0.2) is 42.2 Å². The summed E-state index contributed by atoms with van der Waals surface area (Å²) in [6.45, 7) is 11.1. The van der Waals surface area contributed by atoms with Crippen LogP contribution in [0, 0.1) is 12.7 Å². The van der Waals surface area contributed by atoms with Crippen molar-refractivity contribution in [2.45, 2.75) is 70.5 Å². The van der Waals surface area contributed by atoms with Crippen molar-refractivity contribution >= 4 is 40.0 Å². The SMILES string of the molecule is C/C(=C\C(O)=C/c1ccccc1C)c1c(Cl)cc2c(N3CC4(C)CCC(C)(C3)N4)nc(OC[C@@H]3CCCN3C)nc2c1F. The number of aromatic nitrogens is 2. The van der Waals surface area contributed by atoms with E-state index in [0.717, 1.165) is 56.4 Å². The van der Waals surface area contributed by atoms with Crippen molar-refractivity contribution in [2.75, 3.05) is 38.2 Å². The Bertz CT molecular complexity index is 1610. The topological polar surface area (TPSA) is 73.8 Å². The largest absolute Gasteiger partial charge is 0.508 e. The quantitative estimate of drug-likeness (QED) is 0.223. The van der Waals surface area contributed by atoms with Crippen LogP contribution in [0.5, 0.6) is 6.01 Å². The maximum atomic E-state index is 16.6. The summed E-state index contributed by atoms with van der Waals surface area (Å²) in [6, 6.07) is 9.95. The third kappa shape index (κ3) is 5.97. The summed E-state index contributed by atoms with van der Waals surface area (Å²) in [5.74, 6) is 0.0899. The number of likely N-dealkylation sites (tertiary alicyclic amines) is 1. The smallest absolute Gasteiger partial charge is 0.319 e. The van der Waals surface area contributed by atoms with Crippen molar-refractivity contribution in [3.05, 3.63) is 69.7 Å². The van der Waals surface area contributed by atoms with E-state index in [1.807, 2.05) is 31.2 Å². The van der Waals surface area contributed by atoms with Gasteiger partial charge in [0.2, 0.25) is 0 Å². The fourth-order valence-corrected chi connectivity index (χ4v) is 7.46. The number of anilines is 1. The molecule has 3 aromatic rings. The minimum absolute atomic E-state index is 0.00762. The van der Waals surface area contributed by atoms with Gasteiger partial charge >= 0.3 is 6.01 Å². The molecular weight excluding hydrogens is 565 g/mol. The number of piperazine rings is 1. The Balaban J connectivity index is 1.43. The van der Waals surface area contributed by atoms with E-state index in [1.54, 1.807) is 19.1 Å². The van der Waals surface area contributed by atoms with Gasteiger partial charge in [-0.2, -0.15) is 9.97 Å². The van der Waals surface area contributed by atoms with Gasteiger partial charge in [0.1, 0.15) is 23.7 Å². The highest BCUT2D eigenvalue weighted by Crippen LogP contribution is 2.42. The number of hydrogen-bond donors (Lipinski definition) is 2. The summed E-state index contributed by atoms with van der Waals surface area (Å²) in [4.78, 5) is 14.0. The number of nitrogens with one attached hydrogen (secondary N) is 1. The minimum Gasteiger partial charge on any atom is -0.508 e. The Hall–Kier alpha value is -3.20. The Morgan fingerprint density at radius 2 is 1.93 bits per heavy atom. The molecule has 3 aliphatic rings. The molecule has 2 bridgehead atoms. The van der Waals surface area contributed by atoms with Crippen LogP contribution < -0.4 is 15.0 Å². The van der Waals surface area contributed by atoms with E-state index in [0.29, 0.717) is 23.4 Å². The second-order valence-electron chi connectivity index (χ2n) is 13.2. The van der Waals surface area contributed by atoms with E-state index in [9.17, 15) is 5.11 Å². The third-order valence-electron chi connectivity index (χ3n) is 9.38. The summed E-state index contributed by atoms with van der Waals surface area (Å²) in [5, 5.41) is 15.4. The van der Waals surface area contributed by atoms with Crippen molar-refractivity contribution in [2.24, 2.45) is 0 Å². The summed E-state index contributed by atoms with van der Waals surface area (Å²) < 4.78 is 22.7. The lowest BCUT2D eigenvalue weighted by Crippen LogP contribution is -2.63. The Kier molecular flexibility index (Phi) is 7.90. The molecule has 0 radical (unpaired) electrons. The van der Waals surface area contributed by atoms with Crippen LogP contribution in [-0.4, -0.2) is 70.4 Å². The molecule has 6 rings (SSSR count). The number of hydrogen-bond acceptors (Lipinski definition) is 7. The first-order chi connectivity index (χ1) is 20.4. The lowest BCUT2D eigenvalue weighted by atomic mass is 9.98. The molecule has 3 aliphatic heterocycles. The van der Waals surface area contributed by atoms with E-state index in [2.05, 4.69) is 41.0 Å². The Morgan fingerprint density at radius 1 is 1.21 bits per heavy atom. The fourth-order valence-electron chi connectivity index (χ4n) is 7.12. The molecule has 0 saturated carbocycles. The molecule has 2 aromatic carbocycles. The molecule has 2 N–H and O–H groups in total. The molecule has 0 aliphatic carbocycles. The molecule has 0 amide bonds. The number of ether oxygens (including phenoxy) is 1. The van der Waals surface area contributed by atoms with Gasteiger partial charge in [0, 0.05) is 41.2 Å². The first-order valence-electron chi connectivity index (χ1n) is 15.2. The zero-order chi connectivity index (χ0) is 30.5. The van der Waals surface area contributed by atoms with Crippen molar-refractivity contribution in [1.82, 2.24) is 20.2 Å². The number of allylic oxidation sites excluding steroid dienone is 2. The van der Waals surface area contributed by atoms with Crippen LogP contribution in [-0.2, 0) is 0 Å². The maximum absolute atomic E-state index is 16.6. The Labute approximate surface area is 258 Å². The van der Waals surface area contributed by atoms with Gasteiger partial charge in [-0.15, -0.1) is 0 Å². The lowest BCUT2D eigenvalue weighted by molar-refractivity contribution is 0.188. The van der Waals surface area contributed by atoms with Gasteiger partial charge in [0.05, 0.1) is 5.02 Å². The molecule has 1 aromatic heterocycles. The summed E-state index contributed by atoms with van der Waals surface area (Å²) in [7, 11) is 2.09. The molecular formula is C34H41ClFN5O2. The molecule has 0 spiro atoms. The van der Waals surface area contributed by atoms with E-state index in [1.165, 1.54) is 6.08 Å². The minimum atomic E-state index is -0.554. The highest BCUT2D eigenvalue weighted by Gasteiger charge is 2.48. The van der Waals surface area contributed by atoms with Crippen LogP contribution in [0.4, 0.5) is 10.2 Å².